The molecule has 1 aliphatic carbocycles. The molecule has 0 aliphatic heterocycles. The fourth-order valence-electron chi connectivity index (χ4n) is 2.26. The van der Waals surface area contributed by atoms with Crippen LogP contribution in [-0.4, -0.2) is 11.6 Å². The molecule has 1 aliphatic rings. The van der Waals surface area contributed by atoms with Gasteiger partial charge in [0, 0.05) is 12.8 Å². The van der Waals surface area contributed by atoms with Crippen LogP contribution in [0.25, 0.3) is 0 Å². The summed E-state index contributed by atoms with van der Waals surface area (Å²) in [7, 11) is 0. The molecule has 0 bridgehead atoms. The number of carbonyl (C=O) groups is 2. The Hall–Kier alpha value is -1.51. The van der Waals surface area contributed by atoms with Crippen molar-refractivity contribution in [3.05, 3.63) is 35.1 Å². The van der Waals surface area contributed by atoms with Gasteiger partial charge in [-0.1, -0.05) is 6.07 Å². The molecule has 16 heavy (non-hydrogen) atoms. The molecular formula is C13H13FO2. The normalized spacial score (nSPS) is 17.9. The van der Waals surface area contributed by atoms with Gasteiger partial charge in [0.2, 0.25) is 0 Å². The zero-order valence-corrected chi connectivity index (χ0v) is 9.13. The highest BCUT2D eigenvalue weighted by Gasteiger charge is 2.27. The molecule has 0 radical (unpaired) electrons. The summed E-state index contributed by atoms with van der Waals surface area (Å²) in [5.74, 6) is -0.523. The number of benzene rings is 1. The molecular weight excluding hydrogens is 207 g/mol. The van der Waals surface area contributed by atoms with E-state index in [4.69, 9.17) is 0 Å². The third-order valence-corrected chi connectivity index (χ3v) is 3.02. The van der Waals surface area contributed by atoms with E-state index in [0.29, 0.717) is 12.8 Å². The smallest absolute Gasteiger partial charge is 0.140 e. The molecule has 2 rings (SSSR count). The minimum atomic E-state index is -0.314. The number of rotatable bonds is 1. The Kier molecular flexibility index (Phi) is 2.86. The van der Waals surface area contributed by atoms with Crippen LogP contribution >= 0.6 is 0 Å². The van der Waals surface area contributed by atoms with Crippen LogP contribution in [0.4, 0.5) is 4.39 Å². The van der Waals surface area contributed by atoms with E-state index >= 15 is 0 Å². The zero-order chi connectivity index (χ0) is 11.7. The van der Waals surface area contributed by atoms with Crippen LogP contribution < -0.4 is 0 Å². The first-order valence-electron chi connectivity index (χ1n) is 5.35. The average Bonchev–Trinajstić information content (AvgIpc) is 2.20. The van der Waals surface area contributed by atoms with E-state index in [-0.39, 0.29) is 29.7 Å². The van der Waals surface area contributed by atoms with Crippen LogP contribution in [-0.2, 0) is 9.59 Å². The van der Waals surface area contributed by atoms with Gasteiger partial charge >= 0.3 is 0 Å². The molecule has 84 valence electrons. The molecule has 0 spiro atoms. The molecule has 0 saturated heterocycles. The Morgan fingerprint density at radius 2 is 1.81 bits per heavy atom. The van der Waals surface area contributed by atoms with Gasteiger partial charge < -0.3 is 0 Å². The maximum absolute atomic E-state index is 13.1. The number of carbonyl (C=O) groups excluding carboxylic acids is 2. The van der Waals surface area contributed by atoms with Crippen molar-refractivity contribution < 1.29 is 14.0 Å². The summed E-state index contributed by atoms with van der Waals surface area (Å²) in [4.78, 5) is 22.7. The van der Waals surface area contributed by atoms with Gasteiger partial charge in [-0.25, -0.2) is 4.39 Å². The highest BCUT2D eigenvalue weighted by atomic mass is 19.1. The van der Waals surface area contributed by atoms with Crippen molar-refractivity contribution in [3.8, 4) is 0 Å². The molecule has 0 heterocycles. The van der Waals surface area contributed by atoms with Crippen LogP contribution in [0.1, 0.15) is 36.3 Å². The highest BCUT2D eigenvalue weighted by Crippen LogP contribution is 2.31. The van der Waals surface area contributed by atoms with Crippen molar-refractivity contribution in [2.45, 2.75) is 32.1 Å². The van der Waals surface area contributed by atoms with E-state index in [9.17, 15) is 14.0 Å². The molecule has 3 heteroatoms. The quantitative estimate of drug-likeness (QED) is 0.681. The summed E-state index contributed by atoms with van der Waals surface area (Å²) in [6, 6.07) is 4.52. The van der Waals surface area contributed by atoms with Crippen molar-refractivity contribution in [3.63, 3.8) is 0 Å². The van der Waals surface area contributed by atoms with Crippen molar-refractivity contribution >= 4 is 11.6 Å². The van der Waals surface area contributed by atoms with Gasteiger partial charge in [-0.2, -0.15) is 0 Å². The molecule has 0 N–H and O–H groups in total. The topological polar surface area (TPSA) is 34.1 Å². The van der Waals surface area contributed by atoms with Crippen LogP contribution in [0.3, 0.4) is 0 Å². The van der Waals surface area contributed by atoms with Crippen LogP contribution in [0.15, 0.2) is 18.2 Å². The van der Waals surface area contributed by atoms with E-state index < -0.39 is 0 Å². The van der Waals surface area contributed by atoms with Gasteiger partial charge in [0.25, 0.3) is 0 Å². The Morgan fingerprint density at radius 1 is 1.19 bits per heavy atom. The molecule has 0 aromatic heterocycles. The van der Waals surface area contributed by atoms with Crippen LogP contribution in [0.2, 0.25) is 0 Å². The minimum absolute atomic E-state index is 0.0371. The molecule has 1 saturated carbocycles. The van der Waals surface area contributed by atoms with Crippen molar-refractivity contribution in [2.75, 3.05) is 0 Å². The molecule has 0 atom stereocenters. The average molecular weight is 220 g/mol. The van der Waals surface area contributed by atoms with E-state index in [1.54, 1.807) is 6.07 Å². The minimum Gasteiger partial charge on any atom is -0.299 e. The summed E-state index contributed by atoms with van der Waals surface area (Å²) in [5.41, 5.74) is 1.73. The van der Waals surface area contributed by atoms with Crippen LogP contribution in [0, 0.1) is 12.7 Å². The largest absolute Gasteiger partial charge is 0.299 e. The zero-order valence-electron chi connectivity index (χ0n) is 9.13. The van der Waals surface area contributed by atoms with Crippen LogP contribution in [0.5, 0.6) is 0 Å². The Bertz CT molecular complexity index is 435. The van der Waals surface area contributed by atoms with Gasteiger partial charge in [-0.3, -0.25) is 9.59 Å². The lowest BCUT2D eigenvalue weighted by Gasteiger charge is -2.22. The van der Waals surface area contributed by atoms with Gasteiger partial charge in [-0.05, 0) is 36.1 Å². The molecule has 1 fully saturated rings. The number of aryl methyl sites for hydroxylation is 1. The summed E-state index contributed by atoms with van der Waals surface area (Å²) < 4.78 is 13.1. The Labute approximate surface area is 93.5 Å². The monoisotopic (exact) mass is 220 g/mol. The number of halogens is 1. The predicted molar refractivity (Wildman–Crippen MR) is 57.7 cm³/mol. The first kappa shape index (κ1) is 11.0. The molecule has 2 nitrogen and oxygen atoms in total. The Morgan fingerprint density at radius 3 is 2.44 bits per heavy atom. The number of hydrogen-bond acceptors (Lipinski definition) is 2. The second-order valence-electron chi connectivity index (χ2n) is 4.36. The summed E-state index contributed by atoms with van der Waals surface area (Å²) in [5, 5.41) is 0. The molecule has 0 unspecified atom stereocenters. The highest BCUT2D eigenvalue weighted by molar-refractivity contribution is 6.02. The number of Topliss-reactive ketones (excluding diaryl/α,β-unsaturated/α-hetero) is 2. The maximum Gasteiger partial charge on any atom is 0.140 e. The fourth-order valence-corrected chi connectivity index (χ4v) is 2.26. The summed E-state index contributed by atoms with van der Waals surface area (Å²) >= 11 is 0. The first-order valence-corrected chi connectivity index (χ1v) is 5.35. The standard InChI is InChI=1S/C13H13FO2/c1-8-2-3-10(14)6-13(8)9-4-11(15)7-12(16)5-9/h2-3,6,9H,4-5,7H2,1H3. The first-order chi connectivity index (χ1) is 7.56. The molecule has 1 aromatic carbocycles. The lowest BCUT2D eigenvalue weighted by Crippen LogP contribution is -2.21. The predicted octanol–water partition coefficient (Wildman–Crippen LogP) is 2.54. The van der Waals surface area contributed by atoms with Crippen molar-refractivity contribution in [2.24, 2.45) is 0 Å². The van der Waals surface area contributed by atoms with E-state index in [1.807, 2.05) is 6.92 Å². The second kappa shape index (κ2) is 4.16. The lowest BCUT2D eigenvalue weighted by atomic mass is 9.81. The summed E-state index contributed by atoms with van der Waals surface area (Å²) in [6.07, 6.45) is 0.761. The lowest BCUT2D eigenvalue weighted by molar-refractivity contribution is -0.130. The van der Waals surface area contributed by atoms with E-state index in [2.05, 4.69) is 0 Å². The third kappa shape index (κ3) is 2.18. The van der Waals surface area contributed by atoms with Gasteiger partial charge in [-0.15, -0.1) is 0 Å². The third-order valence-electron chi connectivity index (χ3n) is 3.02. The Balaban J connectivity index is 2.32. The maximum atomic E-state index is 13.1. The number of ketones is 2. The molecule has 0 amide bonds. The fraction of sp³-hybridized carbons (Fsp3) is 0.385. The van der Waals surface area contributed by atoms with Gasteiger partial charge in [0.1, 0.15) is 17.4 Å². The van der Waals surface area contributed by atoms with Gasteiger partial charge in [0.05, 0.1) is 6.42 Å². The number of hydrogen-bond donors (Lipinski definition) is 0. The van der Waals surface area contributed by atoms with E-state index in [0.717, 1.165) is 11.1 Å². The van der Waals surface area contributed by atoms with E-state index in [1.165, 1.54) is 12.1 Å². The SMILES string of the molecule is Cc1ccc(F)cc1C1CC(=O)CC(=O)C1. The van der Waals surface area contributed by atoms with Crippen molar-refractivity contribution in [1.29, 1.82) is 0 Å². The van der Waals surface area contributed by atoms with Crippen molar-refractivity contribution in [1.82, 2.24) is 0 Å². The van der Waals surface area contributed by atoms with Gasteiger partial charge in [0.15, 0.2) is 0 Å². The molecule has 1 aromatic rings. The summed E-state index contributed by atoms with van der Waals surface area (Å²) in [6.45, 7) is 1.87. The second-order valence-corrected chi connectivity index (χ2v) is 4.36.